The van der Waals surface area contributed by atoms with Crippen LogP contribution < -0.4 is 5.32 Å². The molecule has 0 radical (unpaired) electrons. The summed E-state index contributed by atoms with van der Waals surface area (Å²) in [5.74, 6) is 3.62. The van der Waals surface area contributed by atoms with Crippen LogP contribution in [0.2, 0.25) is 0 Å². The number of nitrogens with one attached hydrogen (secondary N) is 1. The number of hydrogen-bond donors (Lipinski definition) is 1. The lowest BCUT2D eigenvalue weighted by atomic mass is 9.64. The molecule has 0 aromatic heterocycles. The first kappa shape index (κ1) is 15.8. The second kappa shape index (κ2) is 7.00. The van der Waals surface area contributed by atoms with E-state index in [1.54, 1.807) is 0 Å². The van der Waals surface area contributed by atoms with Crippen LogP contribution in [0.1, 0.15) is 71.6 Å². The highest BCUT2D eigenvalue weighted by Crippen LogP contribution is 2.49. The molecule has 3 fully saturated rings. The highest BCUT2D eigenvalue weighted by atomic mass is 16.5. The van der Waals surface area contributed by atoms with Gasteiger partial charge in [-0.2, -0.15) is 0 Å². The Bertz CT molecular complexity index is 324. The van der Waals surface area contributed by atoms with Crippen molar-refractivity contribution in [3.05, 3.63) is 0 Å². The molecule has 1 saturated heterocycles. The molecule has 1 heterocycles. The Morgan fingerprint density at radius 2 is 1.90 bits per heavy atom. The summed E-state index contributed by atoms with van der Waals surface area (Å²) < 4.78 is 6.15. The molecule has 2 aliphatic carbocycles. The monoisotopic (exact) mass is 293 g/mol. The zero-order valence-corrected chi connectivity index (χ0v) is 14.2. The normalized spacial score (nSPS) is 35.9. The van der Waals surface area contributed by atoms with Crippen molar-refractivity contribution in [2.45, 2.75) is 77.2 Å². The minimum Gasteiger partial charge on any atom is -0.375 e. The second-order valence-electron chi connectivity index (χ2n) is 8.40. The third-order valence-electron chi connectivity index (χ3n) is 6.33. The zero-order chi connectivity index (χ0) is 14.7. The summed E-state index contributed by atoms with van der Waals surface area (Å²) in [6.45, 7) is 8.09. The van der Waals surface area contributed by atoms with Gasteiger partial charge in [-0.05, 0) is 81.7 Å². The van der Waals surface area contributed by atoms with E-state index in [2.05, 4.69) is 19.2 Å². The largest absolute Gasteiger partial charge is 0.375 e. The molecule has 0 aromatic rings. The molecule has 1 spiro atoms. The van der Waals surface area contributed by atoms with Gasteiger partial charge in [0.15, 0.2) is 0 Å². The average molecular weight is 293 g/mol. The van der Waals surface area contributed by atoms with Crippen molar-refractivity contribution in [2.75, 3.05) is 19.7 Å². The fourth-order valence-electron chi connectivity index (χ4n) is 5.02. The van der Waals surface area contributed by atoms with Gasteiger partial charge >= 0.3 is 0 Å². The van der Waals surface area contributed by atoms with Gasteiger partial charge in [0.25, 0.3) is 0 Å². The fraction of sp³-hybridized carbons (Fsp3) is 1.00. The summed E-state index contributed by atoms with van der Waals surface area (Å²) in [4.78, 5) is 0. The van der Waals surface area contributed by atoms with Crippen molar-refractivity contribution in [2.24, 2.45) is 23.7 Å². The first-order chi connectivity index (χ1) is 10.2. The summed E-state index contributed by atoms with van der Waals surface area (Å²) in [5, 5.41) is 3.74. The van der Waals surface area contributed by atoms with Crippen molar-refractivity contribution in [1.29, 1.82) is 0 Å². The molecular weight excluding hydrogens is 258 g/mol. The van der Waals surface area contributed by atoms with E-state index >= 15 is 0 Å². The maximum atomic E-state index is 6.15. The summed E-state index contributed by atoms with van der Waals surface area (Å²) in [5.41, 5.74) is 0.330. The van der Waals surface area contributed by atoms with Gasteiger partial charge < -0.3 is 10.1 Å². The lowest BCUT2D eigenvalue weighted by Gasteiger charge is -2.50. The maximum absolute atomic E-state index is 6.15. The lowest BCUT2D eigenvalue weighted by Crippen LogP contribution is -2.48. The quantitative estimate of drug-likeness (QED) is 0.812. The fourth-order valence-corrected chi connectivity index (χ4v) is 5.02. The van der Waals surface area contributed by atoms with Crippen LogP contribution in [0, 0.1) is 23.7 Å². The van der Waals surface area contributed by atoms with Crippen molar-refractivity contribution >= 4 is 0 Å². The summed E-state index contributed by atoms with van der Waals surface area (Å²) in [7, 11) is 0. The van der Waals surface area contributed by atoms with E-state index in [4.69, 9.17) is 4.74 Å². The Hall–Kier alpha value is -0.0800. The SMILES string of the molecule is CC(C)CNCC1CCCCC1C1CCOC2(CCC2)C1. The van der Waals surface area contributed by atoms with Crippen LogP contribution in [0.5, 0.6) is 0 Å². The van der Waals surface area contributed by atoms with E-state index in [0.717, 1.165) is 30.3 Å². The molecule has 0 bridgehead atoms. The summed E-state index contributed by atoms with van der Waals surface area (Å²) in [6.07, 6.45) is 12.6. The van der Waals surface area contributed by atoms with Crippen molar-refractivity contribution in [3.63, 3.8) is 0 Å². The van der Waals surface area contributed by atoms with Gasteiger partial charge in [-0.25, -0.2) is 0 Å². The van der Waals surface area contributed by atoms with Gasteiger partial charge in [-0.15, -0.1) is 0 Å². The molecule has 21 heavy (non-hydrogen) atoms. The molecule has 0 aromatic carbocycles. The molecule has 3 unspecified atom stereocenters. The van der Waals surface area contributed by atoms with Gasteiger partial charge in [-0.1, -0.05) is 26.7 Å². The maximum Gasteiger partial charge on any atom is 0.0685 e. The third-order valence-corrected chi connectivity index (χ3v) is 6.33. The lowest BCUT2D eigenvalue weighted by molar-refractivity contribution is -0.154. The Balaban J connectivity index is 1.55. The Morgan fingerprint density at radius 1 is 1.10 bits per heavy atom. The Kier molecular flexibility index (Phi) is 5.27. The first-order valence-electron chi connectivity index (χ1n) is 9.53. The van der Waals surface area contributed by atoms with E-state index in [-0.39, 0.29) is 0 Å². The number of hydrogen-bond acceptors (Lipinski definition) is 2. The molecule has 3 aliphatic rings. The Labute approximate surface area is 131 Å². The van der Waals surface area contributed by atoms with Crippen molar-refractivity contribution in [1.82, 2.24) is 5.32 Å². The van der Waals surface area contributed by atoms with Gasteiger partial charge in [-0.3, -0.25) is 0 Å². The standard InChI is InChI=1S/C19H35NO/c1-15(2)13-20-14-17-6-3-4-7-18(17)16-8-11-21-19(12-16)9-5-10-19/h15-18,20H,3-14H2,1-2H3. The van der Waals surface area contributed by atoms with Crippen LogP contribution in [0.4, 0.5) is 0 Å². The van der Waals surface area contributed by atoms with Crippen LogP contribution in [0.3, 0.4) is 0 Å². The van der Waals surface area contributed by atoms with Crippen molar-refractivity contribution < 1.29 is 4.74 Å². The molecular formula is C19H35NO. The number of ether oxygens (including phenoxy) is 1. The first-order valence-corrected chi connectivity index (χ1v) is 9.53. The van der Waals surface area contributed by atoms with Crippen LogP contribution in [-0.2, 0) is 4.74 Å². The minimum atomic E-state index is 0.330. The predicted molar refractivity (Wildman–Crippen MR) is 88.4 cm³/mol. The molecule has 3 atom stereocenters. The van der Waals surface area contributed by atoms with E-state index in [9.17, 15) is 0 Å². The smallest absolute Gasteiger partial charge is 0.0685 e. The average Bonchev–Trinajstić information content (AvgIpc) is 2.46. The van der Waals surface area contributed by atoms with Crippen molar-refractivity contribution in [3.8, 4) is 0 Å². The molecule has 3 rings (SSSR count). The second-order valence-corrected chi connectivity index (χ2v) is 8.40. The highest BCUT2D eigenvalue weighted by Gasteiger charge is 2.45. The topological polar surface area (TPSA) is 21.3 Å². The van der Waals surface area contributed by atoms with Crippen LogP contribution >= 0.6 is 0 Å². The van der Waals surface area contributed by atoms with Gasteiger partial charge in [0.05, 0.1) is 5.60 Å². The van der Waals surface area contributed by atoms with E-state index in [1.807, 2.05) is 0 Å². The van der Waals surface area contributed by atoms with Gasteiger partial charge in [0, 0.05) is 6.61 Å². The molecule has 2 saturated carbocycles. The zero-order valence-electron chi connectivity index (χ0n) is 14.2. The Morgan fingerprint density at radius 3 is 2.62 bits per heavy atom. The van der Waals surface area contributed by atoms with Gasteiger partial charge in [0.2, 0.25) is 0 Å². The number of rotatable bonds is 5. The third kappa shape index (κ3) is 3.82. The molecule has 2 heteroatoms. The minimum absolute atomic E-state index is 0.330. The predicted octanol–water partition coefficient (Wildman–Crippen LogP) is 4.39. The molecule has 1 N–H and O–H groups in total. The van der Waals surface area contributed by atoms with Crippen LogP contribution in [0.25, 0.3) is 0 Å². The highest BCUT2D eigenvalue weighted by molar-refractivity contribution is 4.96. The van der Waals surface area contributed by atoms with Crippen LogP contribution in [-0.4, -0.2) is 25.3 Å². The molecule has 2 nitrogen and oxygen atoms in total. The molecule has 1 aliphatic heterocycles. The molecule has 0 amide bonds. The van der Waals surface area contributed by atoms with Crippen LogP contribution in [0.15, 0.2) is 0 Å². The summed E-state index contributed by atoms with van der Waals surface area (Å²) >= 11 is 0. The van der Waals surface area contributed by atoms with Gasteiger partial charge in [0.1, 0.15) is 0 Å². The summed E-state index contributed by atoms with van der Waals surface area (Å²) in [6, 6.07) is 0. The van der Waals surface area contributed by atoms with E-state index in [1.165, 1.54) is 70.9 Å². The van der Waals surface area contributed by atoms with E-state index < -0.39 is 0 Å². The molecule has 122 valence electrons. The van der Waals surface area contributed by atoms with E-state index in [0.29, 0.717) is 5.60 Å².